The third kappa shape index (κ3) is 30.6. The van der Waals surface area contributed by atoms with Gasteiger partial charge in [0.25, 0.3) is 0 Å². The SMILES string of the molecule is CCCCCC.CCN([SiH3])[SiH3].[H-].[Li+]. The van der Waals surface area contributed by atoms with E-state index in [9.17, 15) is 0 Å². The minimum atomic E-state index is 0. The second-order valence-corrected chi connectivity index (χ2v) is 7.95. The van der Waals surface area contributed by atoms with Crippen molar-refractivity contribution in [3.8, 4) is 0 Å². The van der Waals surface area contributed by atoms with Gasteiger partial charge in [-0.15, -0.1) is 0 Å². The number of rotatable bonds is 4. The zero-order chi connectivity index (χ0) is 9.11. The van der Waals surface area contributed by atoms with Gasteiger partial charge in [0.1, 0.15) is 0 Å². The van der Waals surface area contributed by atoms with Crippen molar-refractivity contribution >= 4 is 20.8 Å². The average molecular weight is 199 g/mol. The summed E-state index contributed by atoms with van der Waals surface area (Å²) >= 11 is 0. The second kappa shape index (κ2) is 17.9. The summed E-state index contributed by atoms with van der Waals surface area (Å²) in [4.78, 5) is 0. The van der Waals surface area contributed by atoms with Crippen molar-refractivity contribution in [3.05, 3.63) is 0 Å². The fourth-order valence-corrected chi connectivity index (χ4v) is 0.500. The molecule has 0 atom stereocenters. The molecule has 0 aromatic rings. The molecule has 0 saturated carbocycles. The monoisotopic (exact) mass is 199 g/mol. The molecule has 0 aliphatic carbocycles. The molecule has 0 N–H and O–H groups in total. The maximum Gasteiger partial charge on any atom is 1.00 e. The van der Waals surface area contributed by atoms with Crippen LogP contribution in [-0.4, -0.2) is 31.6 Å². The Hall–Kier alpha value is 0.991. The third-order valence-electron chi connectivity index (χ3n) is 1.59. The maximum absolute atomic E-state index is 2.40. The molecule has 0 unspecified atom stereocenters. The largest absolute Gasteiger partial charge is 1.00 e. The van der Waals surface area contributed by atoms with Gasteiger partial charge in [-0.2, -0.15) is 0 Å². The molecule has 0 amide bonds. The summed E-state index contributed by atoms with van der Waals surface area (Å²) in [6, 6.07) is 0. The van der Waals surface area contributed by atoms with Crippen molar-refractivity contribution in [1.29, 1.82) is 0 Å². The molecule has 4 heteroatoms. The number of unbranched alkanes of at least 4 members (excludes halogenated alkanes) is 3. The summed E-state index contributed by atoms with van der Waals surface area (Å²) in [5, 5.41) is 0. The molecule has 72 valence electrons. The maximum atomic E-state index is 2.40. The summed E-state index contributed by atoms with van der Waals surface area (Å²) < 4.78 is 2.40. The van der Waals surface area contributed by atoms with Crippen molar-refractivity contribution in [1.82, 2.24) is 4.23 Å². The van der Waals surface area contributed by atoms with Crippen molar-refractivity contribution in [3.63, 3.8) is 0 Å². The van der Waals surface area contributed by atoms with Gasteiger partial charge in [-0.1, -0.05) is 46.5 Å². The quantitative estimate of drug-likeness (QED) is 0.360. The third-order valence-corrected chi connectivity index (χ3v) is 2.85. The summed E-state index contributed by atoms with van der Waals surface area (Å²) in [6.45, 7) is 7.92. The Morgan fingerprint density at radius 1 is 1.00 bits per heavy atom. The molecule has 0 bridgehead atoms. The number of hydrogen-bond acceptors (Lipinski definition) is 1. The van der Waals surface area contributed by atoms with Gasteiger partial charge < -0.3 is 5.66 Å². The fraction of sp³-hybridized carbons (Fsp3) is 1.00. The van der Waals surface area contributed by atoms with E-state index in [4.69, 9.17) is 0 Å². The molecule has 0 heterocycles. The molecule has 0 aromatic carbocycles. The molecule has 0 rings (SSSR count). The van der Waals surface area contributed by atoms with Crippen LogP contribution in [0.25, 0.3) is 0 Å². The van der Waals surface area contributed by atoms with Crippen molar-refractivity contribution < 1.29 is 20.3 Å². The Morgan fingerprint density at radius 3 is 1.33 bits per heavy atom. The van der Waals surface area contributed by atoms with Gasteiger partial charge in [-0.05, 0) is 6.54 Å². The van der Waals surface area contributed by atoms with Crippen LogP contribution in [0.15, 0.2) is 0 Å². The van der Waals surface area contributed by atoms with Gasteiger partial charge in [0.15, 0.2) is 0 Å². The van der Waals surface area contributed by atoms with E-state index in [1.54, 1.807) is 0 Å². The van der Waals surface area contributed by atoms with Crippen LogP contribution in [0.2, 0.25) is 0 Å². The first-order valence-electron chi connectivity index (χ1n) is 4.83. The predicted octanol–water partition coefficient (Wildman–Crippen LogP) is -2.43. The van der Waals surface area contributed by atoms with Crippen LogP contribution in [0.5, 0.6) is 0 Å². The number of hydrogen-bond donors (Lipinski definition) is 0. The predicted molar refractivity (Wildman–Crippen MR) is 63.2 cm³/mol. The average Bonchev–Trinajstić information content (AvgIpc) is 2.02. The molecule has 0 saturated heterocycles. The summed E-state index contributed by atoms with van der Waals surface area (Å²) in [7, 11) is 2.53. The van der Waals surface area contributed by atoms with Crippen LogP contribution in [0.3, 0.4) is 0 Å². The summed E-state index contributed by atoms with van der Waals surface area (Å²) in [5.74, 6) is 0. The van der Waals surface area contributed by atoms with Crippen molar-refractivity contribution in [2.24, 2.45) is 0 Å². The smallest absolute Gasteiger partial charge is 1.00 e. The van der Waals surface area contributed by atoms with Crippen LogP contribution in [0.1, 0.15) is 47.9 Å². The van der Waals surface area contributed by atoms with Crippen LogP contribution in [0, 0.1) is 0 Å². The molecule has 1 nitrogen and oxygen atoms in total. The van der Waals surface area contributed by atoms with E-state index in [0.717, 1.165) is 0 Å². The Balaban J connectivity index is -0.0000000546. The molecule has 0 aliphatic rings. The normalized spacial score (nSPS) is 9.00. The van der Waals surface area contributed by atoms with Crippen molar-refractivity contribution in [2.75, 3.05) is 6.54 Å². The van der Waals surface area contributed by atoms with E-state index < -0.39 is 0 Å². The second-order valence-electron chi connectivity index (χ2n) is 3.10. The van der Waals surface area contributed by atoms with E-state index in [0.29, 0.717) is 0 Å². The zero-order valence-corrected chi connectivity index (χ0v) is 14.0. The van der Waals surface area contributed by atoms with Gasteiger partial charge in [-0.3, -0.25) is 0 Å². The van der Waals surface area contributed by atoms with Crippen molar-refractivity contribution in [2.45, 2.75) is 46.5 Å². The Labute approximate surface area is 98.3 Å². The zero-order valence-electron chi connectivity index (χ0n) is 11.0. The van der Waals surface area contributed by atoms with Crippen LogP contribution in [-0.2, 0) is 0 Å². The van der Waals surface area contributed by atoms with Crippen LogP contribution < -0.4 is 18.9 Å². The minimum Gasteiger partial charge on any atom is -1.00 e. The molecular formula is C8H26LiNSi2. The first-order valence-corrected chi connectivity index (χ1v) is 6.62. The summed E-state index contributed by atoms with van der Waals surface area (Å²) in [5.41, 5.74) is 0. The molecule has 12 heavy (non-hydrogen) atoms. The first kappa shape index (κ1) is 18.7. The van der Waals surface area contributed by atoms with E-state index in [1.165, 1.54) is 53.0 Å². The Kier molecular flexibility index (Phi) is 27.9. The topological polar surface area (TPSA) is 3.24 Å². The Morgan fingerprint density at radius 2 is 1.25 bits per heavy atom. The Bertz CT molecular complexity index is 64.1. The fourth-order valence-electron chi connectivity index (χ4n) is 0.500. The molecule has 0 aromatic heterocycles. The van der Waals surface area contributed by atoms with Gasteiger partial charge in [0.05, 0.1) is 20.8 Å². The number of nitrogens with zero attached hydrogens (tertiary/aromatic N) is 1. The van der Waals surface area contributed by atoms with Gasteiger partial charge in [-0.25, -0.2) is 0 Å². The molecule has 0 radical (unpaired) electrons. The van der Waals surface area contributed by atoms with Gasteiger partial charge in [0.2, 0.25) is 0 Å². The molecule has 0 fully saturated rings. The standard InChI is InChI=1S/C6H14.C2H11NSi2.Li.H/c1-3-5-6-4-2;1-2-3(4)5;;/h3-6H2,1-2H3;2H2,1,4-5H3;;/q;;+1;-1. The van der Waals surface area contributed by atoms with Gasteiger partial charge >= 0.3 is 18.9 Å². The van der Waals surface area contributed by atoms with E-state index in [2.05, 4.69) is 25.0 Å². The van der Waals surface area contributed by atoms with E-state index in [1.807, 2.05) is 0 Å². The van der Waals surface area contributed by atoms with Crippen LogP contribution >= 0.6 is 0 Å². The first-order chi connectivity index (χ1) is 5.18. The van der Waals surface area contributed by atoms with E-state index >= 15 is 0 Å². The van der Waals surface area contributed by atoms with Crippen LogP contribution in [0.4, 0.5) is 0 Å². The molecule has 0 aliphatic heterocycles. The van der Waals surface area contributed by atoms with E-state index in [-0.39, 0.29) is 20.3 Å². The molecular weight excluding hydrogens is 173 g/mol. The minimum absolute atomic E-state index is 0. The van der Waals surface area contributed by atoms with Gasteiger partial charge in [0, 0.05) is 0 Å². The molecule has 0 spiro atoms. The summed E-state index contributed by atoms with van der Waals surface area (Å²) in [6.07, 6.45) is 5.54.